The fourth-order valence-electron chi connectivity index (χ4n) is 0.0435. The average molecular weight is 270 g/mol. The molecule has 0 saturated heterocycles. The molecule has 0 aromatic carbocycles. The molecule has 0 heterocycles. The van der Waals surface area contributed by atoms with Crippen molar-refractivity contribution < 1.29 is 30.6 Å². The SMILES string of the molecule is COC(=O)[CH2][Au]. The monoisotopic (exact) mass is 270 g/mol. The second kappa shape index (κ2) is 3.40. The van der Waals surface area contributed by atoms with Gasteiger partial charge >= 0.3 is 48.3 Å². The van der Waals surface area contributed by atoms with Gasteiger partial charge in [-0.1, -0.05) is 0 Å². The summed E-state index contributed by atoms with van der Waals surface area (Å²) < 4.78 is 4.66. The molecule has 0 spiro atoms. The molecule has 0 aliphatic heterocycles. The maximum atomic E-state index is 9.94. The molecule has 0 rings (SSSR count). The molecule has 0 N–H and O–H groups in total. The van der Waals surface area contributed by atoms with E-state index in [9.17, 15) is 4.79 Å². The third-order valence-corrected chi connectivity index (χ3v) is 0.940. The van der Waals surface area contributed by atoms with E-state index in [0.717, 1.165) is 0 Å². The molecule has 0 aliphatic carbocycles. The summed E-state index contributed by atoms with van der Waals surface area (Å²) in [4.78, 5) is 9.94. The molecule has 0 fully saturated rings. The Morgan fingerprint density at radius 1 is 2.00 bits per heavy atom. The third-order valence-electron chi connectivity index (χ3n) is 0.315. The second-order valence-corrected chi connectivity index (χ2v) is 1.45. The summed E-state index contributed by atoms with van der Waals surface area (Å²) >= 11 is 2.09. The summed E-state index contributed by atoms with van der Waals surface area (Å²) in [6.45, 7) is 0. The van der Waals surface area contributed by atoms with E-state index in [1.807, 2.05) is 0 Å². The first kappa shape index (κ1) is 6.21. The summed E-state index contributed by atoms with van der Waals surface area (Å²) in [6.07, 6.45) is 0. The standard InChI is InChI=1S/C3H5O2.Au/c1-3(4)5-2;/h1H2,2H3;. The summed E-state index contributed by atoms with van der Waals surface area (Å²) in [5.41, 5.74) is 0. The normalized spacial score (nSPS) is 7.83. The molecular weight excluding hydrogens is 265 g/mol. The second-order valence-electron chi connectivity index (χ2n) is 0.683. The predicted molar refractivity (Wildman–Crippen MR) is 16.8 cm³/mol. The number of ether oxygens (including phenoxy) is 1. The van der Waals surface area contributed by atoms with E-state index in [-0.39, 0.29) is 5.97 Å². The summed E-state index contributed by atoms with van der Waals surface area (Å²) in [7, 11) is 1.37. The van der Waals surface area contributed by atoms with Gasteiger partial charge < -0.3 is 0 Å². The molecular formula is C3H5AuO2. The average Bonchev–Trinajstić information content (AvgIpc) is 1.65. The Bertz CT molecular complexity index is 46.8. The predicted octanol–water partition coefficient (Wildman–Crippen LogP) is 0.124. The van der Waals surface area contributed by atoms with E-state index in [1.165, 1.54) is 7.11 Å². The molecule has 0 atom stereocenters. The summed E-state index contributed by atoms with van der Waals surface area (Å²) in [6, 6.07) is 0. The zero-order valence-corrected chi connectivity index (χ0v) is 5.49. The van der Waals surface area contributed by atoms with E-state index >= 15 is 0 Å². The van der Waals surface area contributed by atoms with Crippen LogP contribution in [-0.4, -0.2) is 13.1 Å². The molecule has 2 nitrogen and oxygen atoms in total. The van der Waals surface area contributed by atoms with Gasteiger partial charge in [-0.05, 0) is 0 Å². The van der Waals surface area contributed by atoms with E-state index in [2.05, 4.69) is 25.8 Å². The fraction of sp³-hybridized carbons (Fsp3) is 0.667. The number of hydrogen-bond acceptors (Lipinski definition) is 2. The Morgan fingerprint density at radius 3 is 2.50 bits per heavy atom. The molecule has 40 valence electrons. The van der Waals surface area contributed by atoms with Crippen LogP contribution in [0.15, 0.2) is 0 Å². The van der Waals surface area contributed by atoms with Crippen LogP contribution in [0.2, 0.25) is 4.64 Å². The third kappa shape index (κ3) is 2.45. The molecule has 0 aromatic rings. The first-order valence-electron chi connectivity index (χ1n) is 1.38. The number of carbonyl (C=O) groups excluding carboxylic acids is 1. The summed E-state index contributed by atoms with van der Waals surface area (Å²) in [5.74, 6) is -0.182. The molecule has 0 unspecified atom stereocenters. The van der Waals surface area contributed by atoms with Crippen molar-refractivity contribution in [2.24, 2.45) is 0 Å². The quantitative estimate of drug-likeness (QED) is 0.500. The van der Waals surface area contributed by atoms with Gasteiger partial charge in [0, 0.05) is 0 Å². The van der Waals surface area contributed by atoms with Crippen LogP contribution >= 0.6 is 0 Å². The van der Waals surface area contributed by atoms with Gasteiger partial charge in [-0.3, -0.25) is 0 Å². The molecule has 3 heteroatoms. The van der Waals surface area contributed by atoms with Gasteiger partial charge in [-0.15, -0.1) is 0 Å². The van der Waals surface area contributed by atoms with Gasteiger partial charge in [0.05, 0.1) is 0 Å². The van der Waals surface area contributed by atoms with E-state index in [4.69, 9.17) is 0 Å². The Morgan fingerprint density at radius 2 is 2.50 bits per heavy atom. The first-order chi connectivity index (χ1) is 2.81. The van der Waals surface area contributed by atoms with Gasteiger partial charge in [0.25, 0.3) is 0 Å². The Hall–Kier alpha value is 0.210. The maximum absolute atomic E-state index is 9.94. The van der Waals surface area contributed by atoms with Crippen LogP contribution in [0.5, 0.6) is 0 Å². The van der Waals surface area contributed by atoms with Crippen molar-refractivity contribution in [3.8, 4) is 0 Å². The Labute approximate surface area is 48.8 Å². The number of methoxy groups -OCH3 is 1. The number of hydrogen-bond donors (Lipinski definition) is 0. The van der Waals surface area contributed by atoms with Gasteiger partial charge in [0.15, 0.2) is 0 Å². The first-order valence-corrected chi connectivity index (χ1v) is 2.92. The van der Waals surface area contributed by atoms with Crippen LogP contribution in [0.4, 0.5) is 0 Å². The molecule has 0 amide bonds. The van der Waals surface area contributed by atoms with Gasteiger partial charge in [-0.2, -0.15) is 0 Å². The zero-order chi connectivity index (χ0) is 4.99. The molecule has 6 heavy (non-hydrogen) atoms. The molecule has 0 aromatic heterocycles. The van der Waals surface area contributed by atoms with E-state index in [1.54, 1.807) is 0 Å². The van der Waals surface area contributed by atoms with Crippen molar-refractivity contribution in [3.63, 3.8) is 0 Å². The van der Waals surface area contributed by atoms with Gasteiger partial charge in [0.1, 0.15) is 0 Å². The molecule has 0 saturated carbocycles. The fourth-order valence-corrected chi connectivity index (χ4v) is 0.356. The van der Waals surface area contributed by atoms with Crippen LogP contribution in [0, 0.1) is 0 Å². The minimum absolute atomic E-state index is 0.182. The Kier molecular flexibility index (Phi) is 3.52. The minimum atomic E-state index is -0.182. The Balaban J connectivity index is 2.99. The van der Waals surface area contributed by atoms with Crippen molar-refractivity contribution in [1.29, 1.82) is 0 Å². The number of rotatable bonds is 1. The summed E-state index contributed by atoms with van der Waals surface area (Å²) in [5, 5.41) is 0. The topological polar surface area (TPSA) is 26.3 Å². The van der Waals surface area contributed by atoms with Crippen LogP contribution in [0.1, 0.15) is 0 Å². The van der Waals surface area contributed by atoms with Gasteiger partial charge in [0.2, 0.25) is 0 Å². The van der Waals surface area contributed by atoms with Crippen molar-refractivity contribution in [2.45, 2.75) is 4.64 Å². The molecule has 0 radical (unpaired) electrons. The van der Waals surface area contributed by atoms with Crippen LogP contribution in [0.25, 0.3) is 0 Å². The van der Waals surface area contributed by atoms with Crippen LogP contribution < -0.4 is 0 Å². The number of esters is 1. The molecule has 0 aliphatic rings. The van der Waals surface area contributed by atoms with E-state index < -0.39 is 0 Å². The van der Waals surface area contributed by atoms with Crippen molar-refractivity contribution in [3.05, 3.63) is 0 Å². The van der Waals surface area contributed by atoms with E-state index in [0.29, 0.717) is 4.64 Å². The zero-order valence-electron chi connectivity index (χ0n) is 3.33. The van der Waals surface area contributed by atoms with Gasteiger partial charge in [-0.25, -0.2) is 0 Å². The van der Waals surface area contributed by atoms with Crippen molar-refractivity contribution in [2.75, 3.05) is 7.11 Å². The van der Waals surface area contributed by atoms with Crippen molar-refractivity contribution in [1.82, 2.24) is 0 Å². The number of carbonyl (C=O) groups is 1. The van der Waals surface area contributed by atoms with Crippen LogP contribution in [-0.2, 0) is 30.6 Å². The van der Waals surface area contributed by atoms with Crippen LogP contribution in [0.3, 0.4) is 0 Å². The van der Waals surface area contributed by atoms with Crippen molar-refractivity contribution >= 4 is 5.97 Å². The molecule has 0 bridgehead atoms.